The van der Waals surface area contributed by atoms with E-state index < -0.39 is 5.91 Å². The van der Waals surface area contributed by atoms with Crippen molar-refractivity contribution in [1.29, 1.82) is 0 Å². The number of nitrogens with two attached hydrogens (primary N) is 2. The molecule has 0 atom stereocenters. The van der Waals surface area contributed by atoms with Gasteiger partial charge in [0.2, 0.25) is 0 Å². The molecule has 0 saturated carbocycles. The van der Waals surface area contributed by atoms with Gasteiger partial charge in [-0.2, -0.15) is 0 Å². The van der Waals surface area contributed by atoms with Crippen LogP contribution in [-0.4, -0.2) is 12.5 Å². The molecule has 0 aromatic heterocycles. The van der Waals surface area contributed by atoms with Crippen LogP contribution >= 0.6 is 11.6 Å². The number of nitrogen functional groups attached to an aromatic ring is 2. The monoisotopic (exact) mass is 241 g/mol. The van der Waals surface area contributed by atoms with E-state index in [1.165, 1.54) is 6.07 Å². The van der Waals surface area contributed by atoms with Gasteiger partial charge in [0.25, 0.3) is 5.91 Å². The van der Waals surface area contributed by atoms with E-state index >= 15 is 0 Å². The van der Waals surface area contributed by atoms with Gasteiger partial charge in [0.15, 0.2) is 0 Å². The number of fused-ring (bicyclic) bond motifs is 1. The summed E-state index contributed by atoms with van der Waals surface area (Å²) < 4.78 is 5.46. The first-order valence-electron chi connectivity index (χ1n) is 4.89. The van der Waals surface area contributed by atoms with Gasteiger partial charge in [0, 0.05) is 5.56 Å². The van der Waals surface area contributed by atoms with Crippen LogP contribution in [-0.2, 0) is 6.42 Å². The van der Waals surface area contributed by atoms with Crippen LogP contribution in [0, 0.1) is 0 Å². The molecule has 1 aliphatic heterocycles. The quantitative estimate of drug-likeness (QED) is 0.294. The molecule has 5 N–H and O–H groups in total. The molecule has 6 heteroatoms. The molecule has 0 fully saturated rings. The zero-order valence-electron chi connectivity index (χ0n) is 8.55. The van der Waals surface area contributed by atoms with Gasteiger partial charge in [0.05, 0.1) is 22.9 Å². The van der Waals surface area contributed by atoms with Gasteiger partial charge in [-0.05, 0) is 18.9 Å². The summed E-state index contributed by atoms with van der Waals surface area (Å²) in [6.45, 7) is 0.568. The summed E-state index contributed by atoms with van der Waals surface area (Å²) in [6.07, 6.45) is 1.62. The summed E-state index contributed by atoms with van der Waals surface area (Å²) in [5, 5.41) is 0.350. The Balaban J connectivity index is 2.61. The fraction of sp³-hybridized carbons (Fsp3) is 0.300. The van der Waals surface area contributed by atoms with Crippen molar-refractivity contribution < 1.29 is 9.53 Å². The molecule has 2 rings (SSSR count). The molecular formula is C10H12ClN3O2. The van der Waals surface area contributed by atoms with E-state index in [2.05, 4.69) is 5.43 Å². The Kier molecular flexibility index (Phi) is 2.89. The predicted molar refractivity (Wildman–Crippen MR) is 61.3 cm³/mol. The maximum absolute atomic E-state index is 11.5. The van der Waals surface area contributed by atoms with E-state index in [0.717, 1.165) is 18.4 Å². The van der Waals surface area contributed by atoms with Crippen LogP contribution in [0.2, 0.25) is 5.02 Å². The first kappa shape index (κ1) is 11.0. The number of hydrazine groups is 1. The third-order valence-corrected chi connectivity index (χ3v) is 2.88. The van der Waals surface area contributed by atoms with Crippen molar-refractivity contribution >= 4 is 23.2 Å². The summed E-state index contributed by atoms with van der Waals surface area (Å²) in [5.74, 6) is 5.16. The Labute approximate surface area is 97.7 Å². The van der Waals surface area contributed by atoms with Crippen LogP contribution in [0.4, 0.5) is 5.69 Å². The number of ether oxygens (including phenoxy) is 1. The molecule has 0 spiro atoms. The van der Waals surface area contributed by atoms with E-state index in [1.807, 2.05) is 0 Å². The predicted octanol–water partition coefficient (Wildman–Crippen LogP) is 0.851. The first-order chi connectivity index (χ1) is 7.65. The van der Waals surface area contributed by atoms with Crippen molar-refractivity contribution in [2.75, 3.05) is 12.3 Å². The molecule has 0 unspecified atom stereocenters. The van der Waals surface area contributed by atoms with E-state index in [-0.39, 0.29) is 0 Å². The molecule has 1 aliphatic rings. The summed E-state index contributed by atoms with van der Waals surface area (Å²) in [5.41, 5.74) is 9.49. The second-order valence-corrected chi connectivity index (χ2v) is 3.96. The lowest BCUT2D eigenvalue weighted by Crippen LogP contribution is -2.31. The Morgan fingerprint density at radius 2 is 2.31 bits per heavy atom. The maximum Gasteiger partial charge on any atom is 0.269 e. The van der Waals surface area contributed by atoms with Crippen LogP contribution in [0.3, 0.4) is 0 Å². The van der Waals surface area contributed by atoms with Crippen molar-refractivity contribution in [2.45, 2.75) is 12.8 Å². The number of anilines is 1. The second-order valence-electron chi connectivity index (χ2n) is 3.55. The number of benzene rings is 1. The molecule has 0 bridgehead atoms. The van der Waals surface area contributed by atoms with Crippen molar-refractivity contribution in [3.05, 3.63) is 22.2 Å². The molecular weight excluding hydrogens is 230 g/mol. The highest BCUT2D eigenvalue weighted by molar-refractivity contribution is 6.33. The van der Waals surface area contributed by atoms with Gasteiger partial charge in [-0.3, -0.25) is 10.2 Å². The number of halogens is 1. The lowest BCUT2D eigenvalue weighted by atomic mass is 10.00. The second kappa shape index (κ2) is 4.19. The summed E-state index contributed by atoms with van der Waals surface area (Å²) >= 11 is 5.95. The average molecular weight is 242 g/mol. The van der Waals surface area contributed by atoms with Crippen LogP contribution in [0.15, 0.2) is 6.07 Å². The van der Waals surface area contributed by atoms with E-state index in [9.17, 15) is 4.79 Å². The lowest BCUT2D eigenvalue weighted by Gasteiger charge is -2.22. The molecule has 16 heavy (non-hydrogen) atoms. The fourth-order valence-corrected chi connectivity index (χ4v) is 2.00. The molecule has 1 amide bonds. The summed E-state index contributed by atoms with van der Waals surface area (Å²) in [6, 6.07) is 1.48. The topological polar surface area (TPSA) is 90.4 Å². The van der Waals surface area contributed by atoms with Gasteiger partial charge < -0.3 is 10.5 Å². The number of hydrogen-bond donors (Lipinski definition) is 3. The zero-order chi connectivity index (χ0) is 11.7. The standard InChI is InChI=1S/C10H12ClN3O2/c11-7-4-6(10(15)14-13)9-5(8(7)12)2-1-3-16-9/h4H,1-3,12-13H2,(H,14,15). The van der Waals surface area contributed by atoms with Crippen molar-refractivity contribution in [1.82, 2.24) is 5.43 Å². The Morgan fingerprint density at radius 1 is 1.56 bits per heavy atom. The SMILES string of the molecule is NNC(=O)c1cc(Cl)c(N)c2c1OCCC2. The molecule has 5 nitrogen and oxygen atoms in total. The molecule has 0 radical (unpaired) electrons. The number of rotatable bonds is 1. The molecule has 86 valence electrons. The highest BCUT2D eigenvalue weighted by atomic mass is 35.5. The van der Waals surface area contributed by atoms with E-state index in [0.29, 0.717) is 28.6 Å². The summed E-state index contributed by atoms with van der Waals surface area (Å²) in [4.78, 5) is 11.5. The molecule has 0 aliphatic carbocycles. The lowest BCUT2D eigenvalue weighted by molar-refractivity contribution is 0.0948. The van der Waals surface area contributed by atoms with Gasteiger partial charge in [0.1, 0.15) is 5.75 Å². The highest BCUT2D eigenvalue weighted by Gasteiger charge is 2.23. The molecule has 0 saturated heterocycles. The van der Waals surface area contributed by atoms with Crippen molar-refractivity contribution in [2.24, 2.45) is 5.84 Å². The molecule has 1 heterocycles. The first-order valence-corrected chi connectivity index (χ1v) is 5.27. The van der Waals surface area contributed by atoms with Crippen LogP contribution in [0.25, 0.3) is 0 Å². The third kappa shape index (κ3) is 1.68. The number of carbonyl (C=O) groups excluding carboxylic acids is 1. The minimum Gasteiger partial charge on any atom is -0.492 e. The number of nitrogens with one attached hydrogen (secondary N) is 1. The third-order valence-electron chi connectivity index (χ3n) is 2.57. The maximum atomic E-state index is 11.5. The smallest absolute Gasteiger partial charge is 0.269 e. The minimum absolute atomic E-state index is 0.330. The zero-order valence-corrected chi connectivity index (χ0v) is 9.30. The highest BCUT2D eigenvalue weighted by Crippen LogP contribution is 2.37. The van der Waals surface area contributed by atoms with Gasteiger partial charge in [-0.15, -0.1) is 0 Å². The fourth-order valence-electron chi connectivity index (χ4n) is 1.78. The van der Waals surface area contributed by atoms with Crippen LogP contribution < -0.4 is 21.7 Å². The normalized spacial score (nSPS) is 13.9. The average Bonchev–Trinajstić information content (AvgIpc) is 2.33. The largest absolute Gasteiger partial charge is 0.492 e. The van der Waals surface area contributed by atoms with E-state index in [1.54, 1.807) is 0 Å². The van der Waals surface area contributed by atoms with Crippen LogP contribution in [0.1, 0.15) is 22.3 Å². The van der Waals surface area contributed by atoms with Gasteiger partial charge in [-0.25, -0.2) is 5.84 Å². The van der Waals surface area contributed by atoms with Crippen LogP contribution in [0.5, 0.6) is 5.75 Å². The summed E-state index contributed by atoms with van der Waals surface area (Å²) in [7, 11) is 0. The number of hydrogen-bond acceptors (Lipinski definition) is 4. The molecule has 1 aromatic carbocycles. The van der Waals surface area contributed by atoms with Crippen molar-refractivity contribution in [3.63, 3.8) is 0 Å². The van der Waals surface area contributed by atoms with Crippen molar-refractivity contribution in [3.8, 4) is 5.75 Å². The Hall–Kier alpha value is -1.46. The minimum atomic E-state index is -0.431. The van der Waals surface area contributed by atoms with E-state index in [4.69, 9.17) is 27.9 Å². The Morgan fingerprint density at radius 3 is 3.00 bits per heavy atom. The molecule has 1 aromatic rings. The van der Waals surface area contributed by atoms with Gasteiger partial charge >= 0.3 is 0 Å². The Bertz CT molecular complexity index is 448. The number of carbonyl (C=O) groups is 1. The number of amides is 1. The van der Waals surface area contributed by atoms with Gasteiger partial charge in [-0.1, -0.05) is 11.6 Å².